The van der Waals surface area contributed by atoms with Gasteiger partial charge in [-0.05, 0) is 60.7 Å². The fraction of sp³-hybridized carbons (Fsp3) is 0.162. The number of halogens is 1. The molecule has 238 valence electrons. The van der Waals surface area contributed by atoms with E-state index in [0.717, 1.165) is 27.1 Å². The normalized spacial score (nSPS) is 14.4. The molecule has 1 aromatic heterocycles. The van der Waals surface area contributed by atoms with Crippen LogP contribution in [0.4, 0.5) is 0 Å². The number of rotatable bonds is 10. The molecular formula is C37H31ClN2O5S2. The molecule has 0 amide bonds. The Hall–Kier alpha value is -4.57. The first kappa shape index (κ1) is 32.4. The molecule has 0 saturated heterocycles. The summed E-state index contributed by atoms with van der Waals surface area (Å²) in [5, 5.41) is 0.624. The molecule has 6 rings (SSSR count). The minimum Gasteiger partial charge on any atom is -0.493 e. The monoisotopic (exact) mass is 682 g/mol. The van der Waals surface area contributed by atoms with E-state index in [0.29, 0.717) is 37.1 Å². The van der Waals surface area contributed by atoms with E-state index in [1.165, 1.54) is 11.3 Å². The van der Waals surface area contributed by atoms with Crippen LogP contribution < -0.4 is 24.4 Å². The third-order valence-electron chi connectivity index (χ3n) is 7.63. The van der Waals surface area contributed by atoms with Crippen molar-refractivity contribution in [2.24, 2.45) is 4.99 Å². The van der Waals surface area contributed by atoms with Crippen molar-refractivity contribution in [2.45, 2.75) is 24.5 Å². The number of hydrogen-bond acceptors (Lipinski definition) is 8. The lowest BCUT2D eigenvalue weighted by molar-refractivity contribution is -0.138. The van der Waals surface area contributed by atoms with Crippen molar-refractivity contribution in [1.29, 1.82) is 0 Å². The Morgan fingerprint density at radius 2 is 1.74 bits per heavy atom. The number of thiazole rings is 1. The number of nitrogens with zero attached hydrogens (tertiary/aromatic N) is 2. The van der Waals surface area contributed by atoms with Crippen LogP contribution in [0.2, 0.25) is 5.02 Å². The maximum atomic E-state index is 14.2. The van der Waals surface area contributed by atoms with Gasteiger partial charge in [-0.15, -0.1) is 11.8 Å². The van der Waals surface area contributed by atoms with Crippen LogP contribution in [0.25, 0.3) is 11.8 Å². The van der Waals surface area contributed by atoms with Gasteiger partial charge in [0, 0.05) is 21.0 Å². The third kappa shape index (κ3) is 6.79. The molecule has 0 unspecified atom stereocenters. The van der Waals surface area contributed by atoms with E-state index in [2.05, 4.69) is 0 Å². The van der Waals surface area contributed by atoms with Crippen molar-refractivity contribution in [2.75, 3.05) is 20.0 Å². The summed E-state index contributed by atoms with van der Waals surface area (Å²) in [6.45, 7) is 2.23. The molecule has 0 saturated carbocycles. The van der Waals surface area contributed by atoms with Crippen LogP contribution in [0.15, 0.2) is 117 Å². The van der Waals surface area contributed by atoms with Crippen LogP contribution >= 0.6 is 34.7 Å². The van der Waals surface area contributed by atoms with Crippen LogP contribution in [0.5, 0.6) is 11.5 Å². The Kier molecular flexibility index (Phi) is 9.96. The Labute approximate surface area is 285 Å². The van der Waals surface area contributed by atoms with Gasteiger partial charge in [0.2, 0.25) is 0 Å². The van der Waals surface area contributed by atoms with Crippen molar-refractivity contribution in [3.8, 4) is 11.5 Å². The zero-order chi connectivity index (χ0) is 32.9. The predicted octanol–water partition coefficient (Wildman–Crippen LogP) is 6.90. The highest BCUT2D eigenvalue weighted by molar-refractivity contribution is 7.98. The second-order valence-corrected chi connectivity index (χ2v) is 12.8. The first-order valence-corrected chi connectivity index (χ1v) is 17.3. The molecule has 5 aromatic rings. The SMILES string of the molecule is CCOC(=O)C1=C(c2ccccc2)N=c2s/c(=C\c3ccc(OCc4ccccc4Cl)c(OC)c3)c(=O)n2[C@@H]1c1ccc(SC)cc1. The van der Waals surface area contributed by atoms with Gasteiger partial charge in [0.05, 0.1) is 35.6 Å². The molecule has 10 heteroatoms. The summed E-state index contributed by atoms with van der Waals surface area (Å²) in [4.78, 5) is 34.4. The van der Waals surface area contributed by atoms with Crippen molar-refractivity contribution in [3.63, 3.8) is 0 Å². The number of hydrogen-bond donors (Lipinski definition) is 0. The highest BCUT2D eigenvalue weighted by Crippen LogP contribution is 2.36. The van der Waals surface area contributed by atoms with Crippen molar-refractivity contribution < 1.29 is 19.0 Å². The molecular weight excluding hydrogens is 652 g/mol. The summed E-state index contributed by atoms with van der Waals surface area (Å²) in [6, 6.07) is 29.6. The van der Waals surface area contributed by atoms with Gasteiger partial charge in [-0.3, -0.25) is 9.36 Å². The predicted molar refractivity (Wildman–Crippen MR) is 188 cm³/mol. The number of carbonyl (C=O) groups is 1. The molecule has 0 aliphatic carbocycles. The van der Waals surface area contributed by atoms with Gasteiger partial charge in [0.25, 0.3) is 5.56 Å². The summed E-state index contributed by atoms with van der Waals surface area (Å²) in [5.41, 5.74) is 3.68. The smallest absolute Gasteiger partial charge is 0.338 e. The number of methoxy groups -OCH3 is 1. The zero-order valence-electron chi connectivity index (χ0n) is 25.9. The highest BCUT2D eigenvalue weighted by Gasteiger charge is 2.35. The first-order valence-electron chi connectivity index (χ1n) is 14.9. The van der Waals surface area contributed by atoms with E-state index in [-0.39, 0.29) is 18.8 Å². The molecule has 0 spiro atoms. The molecule has 7 nitrogen and oxygen atoms in total. The maximum Gasteiger partial charge on any atom is 0.338 e. The molecule has 0 fully saturated rings. The molecule has 2 heterocycles. The second-order valence-electron chi connectivity index (χ2n) is 10.5. The number of ether oxygens (including phenoxy) is 3. The molecule has 4 aromatic carbocycles. The Morgan fingerprint density at radius 3 is 2.45 bits per heavy atom. The summed E-state index contributed by atoms with van der Waals surface area (Å²) in [6.07, 6.45) is 3.80. The molecule has 0 radical (unpaired) electrons. The Bertz CT molecular complexity index is 2140. The number of thioether (sulfide) groups is 1. The van der Waals surface area contributed by atoms with E-state index < -0.39 is 12.0 Å². The summed E-state index contributed by atoms with van der Waals surface area (Å²) in [7, 11) is 1.57. The minimum atomic E-state index is -0.742. The van der Waals surface area contributed by atoms with Crippen molar-refractivity contribution >= 4 is 52.4 Å². The van der Waals surface area contributed by atoms with Gasteiger partial charge in [0.1, 0.15) is 6.61 Å². The van der Waals surface area contributed by atoms with E-state index in [1.807, 2.05) is 97.3 Å². The Morgan fingerprint density at radius 1 is 1.00 bits per heavy atom. The first-order chi connectivity index (χ1) is 22.9. The summed E-state index contributed by atoms with van der Waals surface area (Å²) >= 11 is 9.19. The average Bonchev–Trinajstić information content (AvgIpc) is 3.41. The summed E-state index contributed by atoms with van der Waals surface area (Å²) < 4.78 is 19.3. The van der Waals surface area contributed by atoms with Crippen LogP contribution in [0, 0.1) is 0 Å². The minimum absolute atomic E-state index is 0.187. The number of benzene rings is 4. The van der Waals surface area contributed by atoms with Gasteiger partial charge in [0.15, 0.2) is 16.3 Å². The van der Waals surface area contributed by atoms with Gasteiger partial charge in [-0.25, -0.2) is 9.79 Å². The standard InChI is InChI=1S/C37H31ClN2O5S2/c1-4-44-36(42)32-33(24-10-6-5-7-11-24)39-37-40(34(32)25-15-17-27(46-3)18-16-25)35(41)31(47-37)21-23-14-19-29(30(20-23)43-2)45-22-26-12-8-9-13-28(26)38/h5-21,34H,4,22H2,1-3H3/b31-21-/t34-/m1/s1. The van der Waals surface area contributed by atoms with E-state index in [4.69, 9.17) is 30.8 Å². The van der Waals surface area contributed by atoms with Crippen LogP contribution in [0.1, 0.15) is 35.2 Å². The van der Waals surface area contributed by atoms with Gasteiger partial charge in [-0.2, -0.15) is 0 Å². The lowest BCUT2D eigenvalue weighted by Crippen LogP contribution is -2.40. The number of aromatic nitrogens is 1. The van der Waals surface area contributed by atoms with Gasteiger partial charge < -0.3 is 14.2 Å². The molecule has 1 aliphatic heterocycles. The Balaban J connectivity index is 1.47. The fourth-order valence-electron chi connectivity index (χ4n) is 5.36. The van der Waals surface area contributed by atoms with E-state index >= 15 is 0 Å². The average molecular weight is 683 g/mol. The lowest BCUT2D eigenvalue weighted by atomic mass is 9.93. The van der Waals surface area contributed by atoms with Gasteiger partial charge >= 0.3 is 5.97 Å². The van der Waals surface area contributed by atoms with E-state index in [9.17, 15) is 9.59 Å². The van der Waals surface area contributed by atoms with Crippen LogP contribution in [-0.2, 0) is 16.1 Å². The maximum absolute atomic E-state index is 14.2. The third-order valence-corrected chi connectivity index (χ3v) is 9.73. The number of fused-ring (bicyclic) bond motifs is 1. The lowest BCUT2D eigenvalue weighted by Gasteiger charge is -2.26. The quantitative estimate of drug-likeness (QED) is 0.118. The largest absolute Gasteiger partial charge is 0.493 e. The molecule has 47 heavy (non-hydrogen) atoms. The number of esters is 1. The second kappa shape index (κ2) is 14.5. The number of carbonyl (C=O) groups excluding carboxylic acids is 1. The molecule has 0 bridgehead atoms. The van der Waals surface area contributed by atoms with Crippen LogP contribution in [0.3, 0.4) is 0 Å². The highest BCUT2D eigenvalue weighted by atomic mass is 35.5. The molecule has 1 atom stereocenters. The molecule has 1 aliphatic rings. The topological polar surface area (TPSA) is 79.1 Å². The van der Waals surface area contributed by atoms with Crippen molar-refractivity contribution in [1.82, 2.24) is 4.57 Å². The fourth-order valence-corrected chi connectivity index (χ4v) is 6.96. The summed E-state index contributed by atoms with van der Waals surface area (Å²) in [5.74, 6) is 0.549. The van der Waals surface area contributed by atoms with Gasteiger partial charge in [-0.1, -0.05) is 89.7 Å². The van der Waals surface area contributed by atoms with Crippen LogP contribution in [-0.4, -0.2) is 30.5 Å². The van der Waals surface area contributed by atoms with E-state index in [1.54, 1.807) is 42.5 Å². The molecule has 0 N–H and O–H groups in total. The van der Waals surface area contributed by atoms with Crippen molar-refractivity contribution in [3.05, 3.63) is 150 Å². The zero-order valence-corrected chi connectivity index (χ0v) is 28.3.